The van der Waals surface area contributed by atoms with Gasteiger partial charge in [-0.3, -0.25) is 0 Å². The number of fused-ring (bicyclic) bond motifs is 1. The number of hydrogen-bond donors (Lipinski definition) is 1. The first-order valence-electron chi connectivity index (χ1n) is 6.51. The van der Waals surface area contributed by atoms with E-state index >= 15 is 0 Å². The highest BCUT2D eigenvalue weighted by Gasteiger charge is 2.17. The van der Waals surface area contributed by atoms with Gasteiger partial charge in [0.1, 0.15) is 0 Å². The third kappa shape index (κ3) is 2.88. The maximum absolute atomic E-state index is 6.06. The minimum Gasteiger partial charge on any atom is -0.382 e. The number of para-hydroxylation sites is 1. The second-order valence-corrected chi connectivity index (χ2v) is 5.80. The van der Waals surface area contributed by atoms with Gasteiger partial charge in [-0.1, -0.05) is 47.5 Å². The summed E-state index contributed by atoms with van der Waals surface area (Å²) < 4.78 is 0. The molecule has 1 N–H and O–H groups in total. The lowest BCUT2D eigenvalue weighted by molar-refractivity contribution is 0.628. The first-order chi connectivity index (χ1) is 9.22. The molecule has 2 aromatic rings. The van der Waals surface area contributed by atoms with Crippen LogP contribution in [0.15, 0.2) is 42.5 Å². The van der Waals surface area contributed by atoms with Gasteiger partial charge in [0.2, 0.25) is 0 Å². The van der Waals surface area contributed by atoms with Gasteiger partial charge >= 0.3 is 0 Å². The number of halogens is 2. The molecule has 3 rings (SSSR count). The Morgan fingerprint density at radius 2 is 1.89 bits per heavy atom. The Balaban J connectivity index is 1.73. The van der Waals surface area contributed by atoms with E-state index in [1.165, 1.54) is 16.8 Å². The van der Waals surface area contributed by atoms with E-state index in [4.69, 9.17) is 23.2 Å². The lowest BCUT2D eigenvalue weighted by Crippen LogP contribution is -2.27. The topological polar surface area (TPSA) is 12.0 Å². The second kappa shape index (κ2) is 5.44. The summed E-state index contributed by atoms with van der Waals surface area (Å²) in [6.07, 6.45) is 3.26. The van der Waals surface area contributed by atoms with Crippen LogP contribution in [0.4, 0.5) is 5.69 Å². The Bertz CT molecular complexity index is 595. The highest BCUT2D eigenvalue weighted by molar-refractivity contribution is 6.42. The fourth-order valence-electron chi connectivity index (χ4n) is 2.61. The van der Waals surface area contributed by atoms with Crippen molar-refractivity contribution in [1.29, 1.82) is 0 Å². The molecule has 0 saturated heterocycles. The molecule has 1 aliphatic rings. The van der Waals surface area contributed by atoms with Crippen molar-refractivity contribution in [2.75, 3.05) is 5.32 Å². The monoisotopic (exact) mass is 291 g/mol. The largest absolute Gasteiger partial charge is 0.382 e. The average Bonchev–Trinajstić information content (AvgIpc) is 2.43. The van der Waals surface area contributed by atoms with Gasteiger partial charge in [-0.2, -0.15) is 0 Å². The van der Waals surface area contributed by atoms with Crippen LogP contribution in [-0.2, 0) is 12.8 Å². The lowest BCUT2D eigenvalue weighted by Gasteiger charge is -2.27. The van der Waals surface area contributed by atoms with Gasteiger partial charge in [-0.15, -0.1) is 0 Å². The molecule has 0 radical (unpaired) electrons. The molecule has 0 bridgehead atoms. The van der Waals surface area contributed by atoms with Crippen LogP contribution < -0.4 is 5.32 Å². The summed E-state index contributed by atoms with van der Waals surface area (Å²) in [5.74, 6) is 0. The van der Waals surface area contributed by atoms with Crippen molar-refractivity contribution >= 4 is 28.9 Å². The van der Waals surface area contributed by atoms with Crippen molar-refractivity contribution in [3.63, 3.8) is 0 Å². The first kappa shape index (κ1) is 12.8. The fourth-order valence-corrected chi connectivity index (χ4v) is 2.93. The smallest absolute Gasteiger partial charge is 0.0595 e. The SMILES string of the molecule is Clc1ccc(CC2CCc3ccccc3N2)cc1Cl. The van der Waals surface area contributed by atoms with Crippen molar-refractivity contribution < 1.29 is 0 Å². The summed E-state index contributed by atoms with van der Waals surface area (Å²) >= 11 is 12.0. The molecule has 1 aliphatic heterocycles. The Labute approximate surface area is 123 Å². The van der Waals surface area contributed by atoms with Crippen LogP contribution in [-0.4, -0.2) is 6.04 Å². The summed E-state index contributed by atoms with van der Waals surface area (Å²) in [6, 6.07) is 14.9. The number of hydrogen-bond acceptors (Lipinski definition) is 1. The summed E-state index contributed by atoms with van der Waals surface area (Å²) in [5, 5.41) is 4.86. The fraction of sp³-hybridized carbons (Fsp3) is 0.250. The standard InChI is InChI=1S/C16H15Cl2N/c17-14-8-5-11(10-15(14)18)9-13-7-6-12-3-1-2-4-16(12)19-13/h1-5,8,10,13,19H,6-7,9H2. The second-order valence-electron chi connectivity index (χ2n) is 4.99. The van der Waals surface area contributed by atoms with Crippen LogP contribution in [0.25, 0.3) is 0 Å². The molecule has 0 aliphatic carbocycles. The molecule has 1 nitrogen and oxygen atoms in total. The molecule has 0 fully saturated rings. The molecule has 0 saturated carbocycles. The van der Waals surface area contributed by atoms with Crippen LogP contribution in [0.5, 0.6) is 0 Å². The average molecular weight is 292 g/mol. The normalized spacial score (nSPS) is 17.7. The molecule has 19 heavy (non-hydrogen) atoms. The summed E-state index contributed by atoms with van der Waals surface area (Å²) in [4.78, 5) is 0. The third-order valence-corrected chi connectivity index (χ3v) is 4.34. The van der Waals surface area contributed by atoms with E-state index in [-0.39, 0.29) is 0 Å². The van der Waals surface area contributed by atoms with Gasteiger partial charge in [0.05, 0.1) is 10.0 Å². The highest BCUT2D eigenvalue weighted by Crippen LogP contribution is 2.28. The van der Waals surface area contributed by atoms with E-state index in [2.05, 4.69) is 35.6 Å². The molecular weight excluding hydrogens is 277 g/mol. The molecule has 3 heteroatoms. The molecule has 0 spiro atoms. The number of nitrogens with one attached hydrogen (secondary N) is 1. The zero-order valence-corrected chi connectivity index (χ0v) is 12.0. The van der Waals surface area contributed by atoms with Crippen molar-refractivity contribution in [3.8, 4) is 0 Å². The van der Waals surface area contributed by atoms with E-state index in [1.807, 2.05) is 12.1 Å². The molecule has 1 unspecified atom stereocenters. The van der Waals surface area contributed by atoms with Crippen LogP contribution in [0.3, 0.4) is 0 Å². The third-order valence-electron chi connectivity index (χ3n) is 3.61. The van der Waals surface area contributed by atoms with Gasteiger partial charge in [0, 0.05) is 11.7 Å². The molecular formula is C16H15Cl2N. The number of anilines is 1. The van der Waals surface area contributed by atoms with Gasteiger partial charge in [0.25, 0.3) is 0 Å². The minimum atomic E-state index is 0.465. The quantitative estimate of drug-likeness (QED) is 0.824. The number of aryl methyl sites for hydroxylation is 1. The number of rotatable bonds is 2. The maximum atomic E-state index is 6.06. The van der Waals surface area contributed by atoms with Crippen LogP contribution >= 0.6 is 23.2 Å². The van der Waals surface area contributed by atoms with Gasteiger partial charge in [0.15, 0.2) is 0 Å². The van der Waals surface area contributed by atoms with E-state index in [1.54, 1.807) is 0 Å². The van der Waals surface area contributed by atoms with Crippen molar-refractivity contribution in [2.45, 2.75) is 25.3 Å². The van der Waals surface area contributed by atoms with Crippen molar-refractivity contribution in [1.82, 2.24) is 0 Å². The van der Waals surface area contributed by atoms with Gasteiger partial charge in [-0.05, 0) is 48.6 Å². The van der Waals surface area contributed by atoms with Crippen LogP contribution in [0, 0.1) is 0 Å². The predicted molar refractivity (Wildman–Crippen MR) is 82.3 cm³/mol. The van der Waals surface area contributed by atoms with Crippen molar-refractivity contribution in [3.05, 3.63) is 63.6 Å². The Morgan fingerprint density at radius 3 is 2.74 bits per heavy atom. The predicted octanol–water partition coefficient (Wildman–Crippen LogP) is 4.96. The zero-order valence-electron chi connectivity index (χ0n) is 10.5. The Kier molecular flexibility index (Phi) is 3.67. The number of benzene rings is 2. The highest BCUT2D eigenvalue weighted by atomic mass is 35.5. The molecule has 2 aromatic carbocycles. The van der Waals surface area contributed by atoms with E-state index in [9.17, 15) is 0 Å². The summed E-state index contributed by atoms with van der Waals surface area (Å²) in [5.41, 5.74) is 3.90. The molecule has 1 heterocycles. The van der Waals surface area contributed by atoms with Crippen LogP contribution in [0.1, 0.15) is 17.5 Å². The zero-order chi connectivity index (χ0) is 13.2. The van der Waals surface area contributed by atoms with E-state index < -0.39 is 0 Å². The van der Waals surface area contributed by atoms with Gasteiger partial charge in [-0.25, -0.2) is 0 Å². The van der Waals surface area contributed by atoms with E-state index in [0.717, 1.165) is 19.3 Å². The molecule has 1 atom stereocenters. The summed E-state index contributed by atoms with van der Waals surface area (Å²) in [7, 11) is 0. The van der Waals surface area contributed by atoms with Crippen LogP contribution in [0.2, 0.25) is 10.0 Å². The first-order valence-corrected chi connectivity index (χ1v) is 7.26. The minimum absolute atomic E-state index is 0.465. The molecule has 0 amide bonds. The Morgan fingerprint density at radius 1 is 1.05 bits per heavy atom. The van der Waals surface area contributed by atoms with E-state index in [0.29, 0.717) is 16.1 Å². The molecule has 0 aromatic heterocycles. The lowest BCUT2D eigenvalue weighted by atomic mass is 9.94. The Hall–Kier alpha value is -1.18. The molecule has 98 valence electrons. The maximum Gasteiger partial charge on any atom is 0.0595 e. The van der Waals surface area contributed by atoms with Crippen molar-refractivity contribution in [2.24, 2.45) is 0 Å². The summed E-state index contributed by atoms with van der Waals surface area (Å²) in [6.45, 7) is 0. The van der Waals surface area contributed by atoms with Gasteiger partial charge < -0.3 is 5.32 Å².